The third-order valence-electron chi connectivity index (χ3n) is 3.24. The maximum absolute atomic E-state index is 11.8. The molecule has 0 bridgehead atoms. The van der Waals surface area contributed by atoms with Gasteiger partial charge >= 0.3 is 6.09 Å². The minimum Gasteiger partial charge on any atom is -0.444 e. The predicted molar refractivity (Wildman–Crippen MR) is 79.9 cm³/mol. The summed E-state index contributed by atoms with van der Waals surface area (Å²) in [6.07, 6.45) is 0.492. The lowest BCUT2D eigenvalue weighted by Gasteiger charge is -2.24. The van der Waals surface area contributed by atoms with E-state index in [9.17, 15) is 9.59 Å². The largest absolute Gasteiger partial charge is 0.444 e. The van der Waals surface area contributed by atoms with Crippen LogP contribution in [-0.2, 0) is 16.0 Å². The highest BCUT2D eigenvalue weighted by Crippen LogP contribution is 2.15. The molecule has 0 spiro atoms. The smallest absolute Gasteiger partial charge is 0.407 e. The van der Waals surface area contributed by atoms with E-state index >= 15 is 0 Å². The second-order valence-corrected chi connectivity index (χ2v) is 6.32. The highest BCUT2D eigenvalue weighted by atomic mass is 16.6. The fourth-order valence-corrected chi connectivity index (χ4v) is 2.38. The van der Waals surface area contributed by atoms with Crippen LogP contribution in [0.4, 0.5) is 4.79 Å². The van der Waals surface area contributed by atoms with Crippen LogP contribution < -0.4 is 10.6 Å². The number of nitrogens with one attached hydrogen (secondary N) is 2. The zero-order valence-electron chi connectivity index (χ0n) is 12.7. The second-order valence-electron chi connectivity index (χ2n) is 6.32. The van der Waals surface area contributed by atoms with Crippen molar-refractivity contribution in [2.24, 2.45) is 0 Å². The van der Waals surface area contributed by atoms with Crippen molar-refractivity contribution in [1.82, 2.24) is 10.6 Å². The lowest BCUT2D eigenvalue weighted by atomic mass is 10.0. The highest BCUT2D eigenvalue weighted by Gasteiger charge is 2.34. The Balaban J connectivity index is 1.97. The molecule has 21 heavy (non-hydrogen) atoms. The summed E-state index contributed by atoms with van der Waals surface area (Å²) >= 11 is 0. The lowest BCUT2D eigenvalue weighted by Crippen LogP contribution is -2.46. The van der Waals surface area contributed by atoms with E-state index < -0.39 is 11.7 Å². The maximum Gasteiger partial charge on any atom is 0.407 e. The molecule has 1 aliphatic heterocycles. The van der Waals surface area contributed by atoms with E-state index in [2.05, 4.69) is 10.6 Å². The molecule has 1 aromatic rings. The number of benzene rings is 1. The average molecular weight is 290 g/mol. The molecule has 2 N–H and O–H groups in total. The average Bonchev–Trinajstić information content (AvgIpc) is 2.68. The van der Waals surface area contributed by atoms with Crippen LogP contribution in [0, 0.1) is 0 Å². The molecule has 114 valence electrons. The van der Waals surface area contributed by atoms with Crippen LogP contribution in [0.3, 0.4) is 0 Å². The molecule has 0 unspecified atom stereocenters. The van der Waals surface area contributed by atoms with Gasteiger partial charge in [-0.1, -0.05) is 30.3 Å². The Morgan fingerprint density at radius 2 is 2.00 bits per heavy atom. The molecule has 0 saturated carbocycles. The summed E-state index contributed by atoms with van der Waals surface area (Å²) in [5.74, 6) is -0.0445. The van der Waals surface area contributed by atoms with Crippen LogP contribution in [0.2, 0.25) is 0 Å². The number of amides is 2. The third-order valence-corrected chi connectivity index (χ3v) is 3.24. The Kier molecular flexibility index (Phi) is 4.50. The number of alkyl carbamates (subject to hydrolysis) is 1. The number of rotatable bonds is 3. The van der Waals surface area contributed by atoms with Crippen molar-refractivity contribution in [1.29, 1.82) is 0 Å². The van der Waals surface area contributed by atoms with Crippen LogP contribution in [0.5, 0.6) is 0 Å². The quantitative estimate of drug-likeness (QED) is 0.895. The van der Waals surface area contributed by atoms with Crippen molar-refractivity contribution >= 4 is 12.0 Å². The van der Waals surface area contributed by atoms with Crippen molar-refractivity contribution < 1.29 is 14.3 Å². The Hall–Kier alpha value is -2.04. The summed E-state index contributed by atoms with van der Waals surface area (Å²) in [5, 5.41) is 5.70. The maximum atomic E-state index is 11.8. The molecule has 2 rings (SSSR count). The topological polar surface area (TPSA) is 67.4 Å². The third kappa shape index (κ3) is 4.77. The monoisotopic (exact) mass is 290 g/mol. The van der Waals surface area contributed by atoms with Crippen molar-refractivity contribution in [3.05, 3.63) is 35.9 Å². The molecule has 5 heteroatoms. The predicted octanol–water partition coefficient (Wildman–Crippen LogP) is 2.01. The van der Waals surface area contributed by atoms with E-state index in [0.29, 0.717) is 6.42 Å². The van der Waals surface area contributed by atoms with Gasteiger partial charge in [0.15, 0.2) is 0 Å². The fourth-order valence-electron chi connectivity index (χ4n) is 2.38. The van der Waals surface area contributed by atoms with E-state index in [4.69, 9.17) is 4.74 Å². The molecule has 2 atom stereocenters. The molecule has 0 aromatic heterocycles. The lowest BCUT2D eigenvalue weighted by molar-refractivity contribution is -0.119. The molecule has 0 radical (unpaired) electrons. The van der Waals surface area contributed by atoms with Gasteiger partial charge in [-0.15, -0.1) is 0 Å². The molecule has 1 heterocycles. The zero-order chi connectivity index (χ0) is 15.5. The van der Waals surface area contributed by atoms with E-state index in [0.717, 1.165) is 5.56 Å². The molecule has 1 saturated heterocycles. The number of carbonyl (C=O) groups excluding carboxylic acids is 2. The van der Waals surface area contributed by atoms with E-state index in [-0.39, 0.29) is 24.4 Å². The summed E-state index contributed by atoms with van der Waals surface area (Å²) in [5.41, 5.74) is 0.579. The normalized spacial score (nSPS) is 21.8. The van der Waals surface area contributed by atoms with Gasteiger partial charge in [0.1, 0.15) is 5.60 Å². The molecule has 5 nitrogen and oxygen atoms in total. The van der Waals surface area contributed by atoms with Crippen LogP contribution in [0.25, 0.3) is 0 Å². The van der Waals surface area contributed by atoms with Crippen molar-refractivity contribution in [3.8, 4) is 0 Å². The van der Waals surface area contributed by atoms with Gasteiger partial charge in [0.25, 0.3) is 0 Å². The second kappa shape index (κ2) is 6.16. The molecular formula is C16H22N2O3. The summed E-state index contributed by atoms with van der Waals surface area (Å²) in [6, 6.07) is 9.54. The first kappa shape index (κ1) is 15.4. The Morgan fingerprint density at radius 1 is 1.33 bits per heavy atom. The molecule has 1 fully saturated rings. The molecule has 1 aromatic carbocycles. The summed E-state index contributed by atoms with van der Waals surface area (Å²) in [6.45, 7) is 5.43. The summed E-state index contributed by atoms with van der Waals surface area (Å²) in [4.78, 5) is 23.5. The Bertz CT molecular complexity index is 508. The van der Waals surface area contributed by atoms with Crippen LogP contribution in [0.15, 0.2) is 30.3 Å². The number of hydrogen-bond acceptors (Lipinski definition) is 3. The molecule has 0 aliphatic carbocycles. The fraction of sp³-hybridized carbons (Fsp3) is 0.500. The van der Waals surface area contributed by atoms with Gasteiger partial charge in [-0.25, -0.2) is 4.79 Å². The van der Waals surface area contributed by atoms with E-state index in [1.54, 1.807) is 0 Å². The minimum absolute atomic E-state index is 0.0445. The summed E-state index contributed by atoms with van der Waals surface area (Å²) in [7, 11) is 0. The molecule has 1 aliphatic rings. The Morgan fingerprint density at radius 3 is 2.62 bits per heavy atom. The van der Waals surface area contributed by atoms with E-state index in [1.165, 1.54) is 0 Å². The number of ether oxygens (including phenoxy) is 1. The van der Waals surface area contributed by atoms with Gasteiger partial charge in [-0.05, 0) is 32.8 Å². The standard InChI is InChI=1S/C16H22N2O3/c1-16(2,3)21-15(20)18-13-10-14(19)17-12(13)9-11-7-5-4-6-8-11/h4-8,12-13H,9-10H2,1-3H3,(H,17,19)(H,18,20)/t12-,13+/m1/s1. The van der Waals surface area contributed by atoms with Gasteiger partial charge in [0.05, 0.1) is 12.1 Å². The first-order valence-electron chi connectivity index (χ1n) is 7.16. The molecular weight excluding hydrogens is 268 g/mol. The first-order chi connectivity index (χ1) is 9.83. The number of carbonyl (C=O) groups is 2. The van der Waals surface area contributed by atoms with Crippen molar-refractivity contribution in [3.63, 3.8) is 0 Å². The van der Waals surface area contributed by atoms with Crippen LogP contribution >= 0.6 is 0 Å². The molecule has 2 amide bonds. The van der Waals surface area contributed by atoms with Crippen molar-refractivity contribution in [2.75, 3.05) is 0 Å². The summed E-state index contributed by atoms with van der Waals surface area (Å²) < 4.78 is 5.24. The van der Waals surface area contributed by atoms with Gasteiger partial charge in [0, 0.05) is 6.42 Å². The highest BCUT2D eigenvalue weighted by molar-refractivity contribution is 5.81. The van der Waals surface area contributed by atoms with Gasteiger partial charge < -0.3 is 15.4 Å². The van der Waals surface area contributed by atoms with Gasteiger partial charge in [0.2, 0.25) is 5.91 Å². The van der Waals surface area contributed by atoms with Gasteiger partial charge in [-0.3, -0.25) is 4.79 Å². The SMILES string of the molecule is CC(C)(C)OC(=O)N[C@H]1CC(=O)N[C@@H]1Cc1ccccc1. The van der Waals surface area contributed by atoms with Crippen LogP contribution in [-0.4, -0.2) is 29.7 Å². The van der Waals surface area contributed by atoms with Gasteiger partial charge in [-0.2, -0.15) is 0 Å². The van der Waals surface area contributed by atoms with Crippen LogP contribution in [0.1, 0.15) is 32.8 Å². The van der Waals surface area contributed by atoms with Crippen molar-refractivity contribution in [2.45, 2.75) is 51.3 Å². The van der Waals surface area contributed by atoms with E-state index in [1.807, 2.05) is 51.1 Å². The minimum atomic E-state index is -0.547. The first-order valence-corrected chi connectivity index (χ1v) is 7.16. The number of hydrogen-bond donors (Lipinski definition) is 2. The Labute approximate surface area is 125 Å². The zero-order valence-corrected chi connectivity index (χ0v) is 12.7.